The monoisotopic (exact) mass is 202 g/mol. The van der Waals surface area contributed by atoms with E-state index < -0.39 is 0 Å². The Bertz CT molecular complexity index is 116. The average Bonchev–Trinajstić information content (AvgIpc) is 2.21. The van der Waals surface area contributed by atoms with Crippen LogP contribution in [0.4, 0.5) is 0 Å². The zero-order valence-electron chi connectivity index (χ0n) is 9.29. The first kappa shape index (κ1) is 11.9. The summed E-state index contributed by atoms with van der Waals surface area (Å²) in [6.45, 7) is 9.00. The van der Waals surface area contributed by atoms with Crippen LogP contribution >= 0.6 is 0 Å². The van der Waals surface area contributed by atoms with Gasteiger partial charge in [-0.1, -0.05) is 0 Å². The number of likely N-dealkylation sites (N-methyl/N-ethyl adjacent to an activating group) is 1. The third kappa shape index (κ3) is 5.54. The van der Waals surface area contributed by atoms with E-state index in [-0.39, 0.29) is 0 Å². The second kappa shape index (κ2) is 7.17. The quantitative estimate of drug-likeness (QED) is 0.597. The number of hydrogen-bond donors (Lipinski definition) is 1. The molecule has 4 nitrogen and oxygen atoms in total. The lowest BCUT2D eigenvalue weighted by atomic mass is 10.3. The zero-order chi connectivity index (χ0) is 10.2. The van der Waals surface area contributed by atoms with E-state index in [1.54, 1.807) is 0 Å². The molecule has 0 bridgehead atoms. The largest absolute Gasteiger partial charge is 0.379 e. The van der Waals surface area contributed by atoms with Crippen molar-refractivity contribution < 1.29 is 9.47 Å². The summed E-state index contributed by atoms with van der Waals surface area (Å²) in [7, 11) is 2.11. The second-order valence-corrected chi connectivity index (χ2v) is 3.80. The van der Waals surface area contributed by atoms with E-state index in [1.165, 1.54) is 0 Å². The van der Waals surface area contributed by atoms with E-state index in [0.29, 0.717) is 6.10 Å². The molecule has 1 unspecified atom stereocenters. The minimum Gasteiger partial charge on any atom is -0.379 e. The zero-order valence-corrected chi connectivity index (χ0v) is 9.29. The SMILES string of the molecule is CC1CNCCO1.CN1CCOCC1. The van der Waals surface area contributed by atoms with Gasteiger partial charge >= 0.3 is 0 Å². The number of rotatable bonds is 0. The van der Waals surface area contributed by atoms with Crippen LogP contribution in [-0.4, -0.2) is 64.1 Å². The fourth-order valence-corrected chi connectivity index (χ4v) is 1.35. The Kier molecular flexibility index (Phi) is 6.10. The molecule has 2 rings (SSSR count). The summed E-state index contributed by atoms with van der Waals surface area (Å²) in [5, 5.41) is 3.21. The van der Waals surface area contributed by atoms with Gasteiger partial charge in [0, 0.05) is 26.2 Å². The average molecular weight is 202 g/mol. The van der Waals surface area contributed by atoms with Crippen LogP contribution in [0.3, 0.4) is 0 Å². The number of hydrogen-bond acceptors (Lipinski definition) is 4. The normalized spacial score (nSPS) is 29.1. The lowest BCUT2D eigenvalue weighted by Crippen LogP contribution is -2.36. The first-order chi connectivity index (χ1) is 6.79. The van der Waals surface area contributed by atoms with Gasteiger partial charge in [-0.2, -0.15) is 0 Å². The highest BCUT2D eigenvalue weighted by Crippen LogP contribution is 1.91. The van der Waals surface area contributed by atoms with Crippen molar-refractivity contribution in [1.82, 2.24) is 10.2 Å². The minimum absolute atomic E-state index is 0.425. The molecule has 0 aromatic heterocycles. The number of nitrogens with zero attached hydrogens (tertiary/aromatic N) is 1. The first-order valence-electron chi connectivity index (χ1n) is 5.37. The maximum Gasteiger partial charge on any atom is 0.0672 e. The minimum atomic E-state index is 0.425. The van der Waals surface area contributed by atoms with Crippen LogP contribution in [0, 0.1) is 0 Å². The van der Waals surface area contributed by atoms with Gasteiger partial charge in [0.25, 0.3) is 0 Å². The molecule has 84 valence electrons. The molecule has 0 saturated carbocycles. The summed E-state index contributed by atoms with van der Waals surface area (Å²) in [4.78, 5) is 2.27. The summed E-state index contributed by atoms with van der Waals surface area (Å²) in [5.74, 6) is 0. The Hall–Kier alpha value is -0.160. The summed E-state index contributed by atoms with van der Waals surface area (Å²) in [6.07, 6.45) is 0.425. The van der Waals surface area contributed by atoms with Crippen molar-refractivity contribution in [1.29, 1.82) is 0 Å². The van der Waals surface area contributed by atoms with E-state index in [0.717, 1.165) is 46.0 Å². The Labute approximate surface area is 86.6 Å². The molecule has 2 aliphatic heterocycles. The van der Waals surface area contributed by atoms with Crippen LogP contribution in [0.1, 0.15) is 6.92 Å². The molecule has 0 amide bonds. The maximum absolute atomic E-state index is 5.22. The summed E-state index contributed by atoms with van der Waals surface area (Å²) < 4.78 is 10.3. The molecule has 2 aliphatic rings. The standard InChI is InChI=1S/2C5H11NO/c1-6-2-4-7-5-3-6;1-5-4-6-2-3-7-5/h2-5H2,1H3;5-6H,2-4H2,1H3. The van der Waals surface area contributed by atoms with Crippen LogP contribution in [0.25, 0.3) is 0 Å². The predicted octanol–water partition coefficient (Wildman–Crippen LogP) is -0.0569. The molecule has 2 heterocycles. The second-order valence-electron chi connectivity index (χ2n) is 3.80. The molecule has 2 fully saturated rings. The highest BCUT2D eigenvalue weighted by molar-refractivity contribution is 4.59. The van der Waals surface area contributed by atoms with Crippen LogP contribution in [0.2, 0.25) is 0 Å². The molecular weight excluding hydrogens is 180 g/mol. The van der Waals surface area contributed by atoms with E-state index in [4.69, 9.17) is 9.47 Å². The summed E-state index contributed by atoms with van der Waals surface area (Å²) >= 11 is 0. The lowest BCUT2D eigenvalue weighted by molar-refractivity contribution is 0.0410. The van der Waals surface area contributed by atoms with Crippen LogP contribution < -0.4 is 5.32 Å². The molecule has 14 heavy (non-hydrogen) atoms. The van der Waals surface area contributed by atoms with Gasteiger partial charge in [-0.05, 0) is 14.0 Å². The molecular formula is C10H22N2O2. The molecule has 1 atom stereocenters. The molecule has 0 radical (unpaired) electrons. The highest BCUT2D eigenvalue weighted by atomic mass is 16.5. The molecule has 0 aliphatic carbocycles. The van der Waals surface area contributed by atoms with E-state index in [9.17, 15) is 0 Å². The van der Waals surface area contributed by atoms with Crippen LogP contribution in [0.5, 0.6) is 0 Å². The fraction of sp³-hybridized carbons (Fsp3) is 1.00. The molecule has 1 N–H and O–H groups in total. The number of nitrogens with one attached hydrogen (secondary N) is 1. The van der Waals surface area contributed by atoms with Crippen molar-refractivity contribution in [2.75, 3.05) is 53.0 Å². The van der Waals surface area contributed by atoms with Gasteiger partial charge in [-0.3, -0.25) is 0 Å². The van der Waals surface area contributed by atoms with Crippen LogP contribution in [0.15, 0.2) is 0 Å². The van der Waals surface area contributed by atoms with Gasteiger partial charge in [-0.25, -0.2) is 0 Å². The van der Waals surface area contributed by atoms with Crippen molar-refractivity contribution in [3.63, 3.8) is 0 Å². The molecule has 2 saturated heterocycles. The number of ether oxygens (including phenoxy) is 2. The van der Waals surface area contributed by atoms with Gasteiger partial charge in [0.05, 0.1) is 25.9 Å². The molecule has 4 heteroatoms. The Morgan fingerprint density at radius 3 is 2.21 bits per heavy atom. The highest BCUT2D eigenvalue weighted by Gasteiger charge is 2.04. The van der Waals surface area contributed by atoms with Crippen molar-refractivity contribution in [2.45, 2.75) is 13.0 Å². The van der Waals surface area contributed by atoms with Gasteiger partial charge < -0.3 is 19.7 Å². The van der Waals surface area contributed by atoms with E-state index in [2.05, 4.69) is 24.2 Å². The third-order valence-electron chi connectivity index (χ3n) is 2.35. The summed E-state index contributed by atoms with van der Waals surface area (Å²) in [6, 6.07) is 0. The van der Waals surface area contributed by atoms with Gasteiger partial charge in [0.15, 0.2) is 0 Å². The topological polar surface area (TPSA) is 33.7 Å². The van der Waals surface area contributed by atoms with Gasteiger partial charge in [-0.15, -0.1) is 0 Å². The van der Waals surface area contributed by atoms with Crippen molar-refractivity contribution >= 4 is 0 Å². The Morgan fingerprint density at radius 1 is 1.21 bits per heavy atom. The lowest BCUT2D eigenvalue weighted by Gasteiger charge is -2.21. The smallest absolute Gasteiger partial charge is 0.0672 e. The van der Waals surface area contributed by atoms with E-state index >= 15 is 0 Å². The van der Waals surface area contributed by atoms with E-state index in [1.807, 2.05) is 0 Å². The molecule has 0 aromatic carbocycles. The summed E-state index contributed by atoms with van der Waals surface area (Å²) in [5.41, 5.74) is 0. The maximum atomic E-state index is 5.22. The number of morpholine rings is 2. The Morgan fingerprint density at radius 2 is 1.93 bits per heavy atom. The van der Waals surface area contributed by atoms with Crippen LogP contribution in [-0.2, 0) is 9.47 Å². The van der Waals surface area contributed by atoms with Crippen molar-refractivity contribution in [3.8, 4) is 0 Å². The van der Waals surface area contributed by atoms with Gasteiger partial charge in [0.2, 0.25) is 0 Å². The Balaban J connectivity index is 0.000000140. The van der Waals surface area contributed by atoms with Crippen molar-refractivity contribution in [2.24, 2.45) is 0 Å². The molecule has 0 aromatic rings. The van der Waals surface area contributed by atoms with Crippen molar-refractivity contribution in [3.05, 3.63) is 0 Å². The van der Waals surface area contributed by atoms with Gasteiger partial charge in [0.1, 0.15) is 0 Å². The first-order valence-corrected chi connectivity index (χ1v) is 5.37. The fourth-order valence-electron chi connectivity index (χ4n) is 1.35. The third-order valence-corrected chi connectivity index (χ3v) is 2.35. The predicted molar refractivity (Wildman–Crippen MR) is 56.6 cm³/mol. The molecule has 0 spiro atoms.